The summed E-state index contributed by atoms with van der Waals surface area (Å²) >= 11 is 1.81. The lowest BCUT2D eigenvalue weighted by atomic mass is 10.2. The zero-order valence-corrected chi connectivity index (χ0v) is 10.7. The molecule has 0 fully saturated rings. The van der Waals surface area contributed by atoms with Gasteiger partial charge in [0, 0.05) is 22.8 Å². The molecule has 2 aromatic carbocycles. The standard InChI is InChI=1S/C15H13NOS/c17-15(12-6-2-1-3-7-12)16-10-11-18-14-9-5-4-8-13(14)16/h1-9H,10-11H2. The van der Waals surface area contributed by atoms with Gasteiger partial charge in [0.25, 0.3) is 5.91 Å². The number of carbonyl (C=O) groups is 1. The highest BCUT2D eigenvalue weighted by atomic mass is 32.2. The molecule has 3 heteroatoms. The third-order valence-corrected chi connectivity index (χ3v) is 4.04. The molecule has 0 atom stereocenters. The monoisotopic (exact) mass is 255 g/mol. The molecule has 0 bridgehead atoms. The van der Waals surface area contributed by atoms with Crippen molar-refractivity contribution < 1.29 is 4.79 Å². The van der Waals surface area contributed by atoms with Gasteiger partial charge >= 0.3 is 0 Å². The average Bonchev–Trinajstić information content (AvgIpc) is 2.47. The summed E-state index contributed by atoms with van der Waals surface area (Å²) in [6, 6.07) is 17.6. The van der Waals surface area contributed by atoms with Crippen molar-refractivity contribution in [2.24, 2.45) is 0 Å². The molecule has 0 radical (unpaired) electrons. The first-order valence-corrected chi connectivity index (χ1v) is 6.93. The summed E-state index contributed by atoms with van der Waals surface area (Å²) in [6.07, 6.45) is 0. The van der Waals surface area contributed by atoms with E-state index in [4.69, 9.17) is 0 Å². The minimum atomic E-state index is 0.0864. The zero-order valence-electron chi connectivity index (χ0n) is 9.87. The van der Waals surface area contributed by atoms with Crippen LogP contribution in [0.3, 0.4) is 0 Å². The van der Waals surface area contributed by atoms with Crippen LogP contribution < -0.4 is 4.90 Å². The summed E-state index contributed by atoms with van der Waals surface area (Å²) < 4.78 is 0. The summed E-state index contributed by atoms with van der Waals surface area (Å²) in [5.41, 5.74) is 1.78. The van der Waals surface area contributed by atoms with Crippen LogP contribution in [0, 0.1) is 0 Å². The van der Waals surface area contributed by atoms with Crippen LogP contribution in [-0.4, -0.2) is 18.2 Å². The molecule has 3 rings (SSSR count). The summed E-state index contributed by atoms with van der Waals surface area (Å²) in [4.78, 5) is 15.5. The molecule has 2 nitrogen and oxygen atoms in total. The first kappa shape index (κ1) is 11.4. The lowest BCUT2D eigenvalue weighted by Crippen LogP contribution is -2.35. The fraction of sp³-hybridized carbons (Fsp3) is 0.133. The predicted octanol–water partition coefficient (Wildman–Crippen LogP) is 3.44. The molecule has 18 heavy (non-hydrogen) atoms. The molecular formula is C15H13NOS. The molecule has 0 spiro atoms. The number of carbonyl (C=O) groups excluding carboxylic acids is 1. The van der Waals surface area contributed by atoms with Crippen LogP contribution >= 0.6 is 11.8 Å². The number of amides is 1. The highest BCUT2D eigenvalue weighted by Gasteiger charge is 2.23. The Balaban J connectivity index is 1.97. The Morgan fingerprint density at radius 2 is 1.72 bits per heavy atom. The number of rotatable bonds is 1. The van der Waals surface area contributed by atoms with Crippen LogP contribution in [0.1, 0.15) is 10.4 Å². The number of hydrogen-bond acceptors (Lipinski definition) is 2. The SMILES string of the molecule is O=C(c1ccccc1)N1CCSc2ccccc21. The summed E-state index contributed by atoms with van der Waals surface area (Å²) in [5.74, 6) is 1.04. The maximum Gasteiger partial charge on any atom is 0.258 e. The topological polar surface area (TPSA) is 20.3 Å². The molecule has 0 saturated heterocycles. The van der Waals surface area contributed by atoms with E-state index < -0.39 is 0 Å². The highest BCUT2D eigenvalue weighted by molar-refractivity contribution is 7.99. The van der Waals surface area contributed by atoms with E-state index in [1.165, 1.54) is 4.90 Å². The van der Waals surface area contributed by atoms with E-state index in [1.54, 1.807) is 0 Å². The number of nitrogens with zero attached hydrogens (tertiary/aromatic N) is 1. The number of hydrogen-bond donors (Lipinski definition) is 0. The number of para-hydroxylation sites is 1. The number of anilines is 1. The summed E-state index contributed by atoms with van der Waals surface area (Å²) in [7, 11) is 0. The van der Waals surface area contributed by atoms with Crippen molar-refractivity contribution in [3.63, 3.8) is 0 Å². The first-order chi connectivity index (χ1) is 8.86. The zero-order chi connectivity index (χ0) is 12.4. The van der Waals surface area contributed by atoms with Crippen molar-refractivity contribution in [2.45, 2.75) is 4.90 Å². The second kappa shape index (κ2) is 4.86. The number of fused-ring (bicyclic) bond motifs is 1. The largest absolute Gasteiger partial charge is 0.306 e. The van der Waals surface area contributed by atoms with Gasteiger partial charge < -0.3 is 4.90 Å². The average molecular weight is 255 g/mol. The van der Waals surface area contributed by atoms with Gasteiger partial charge in [-0.05, 0) is 24.3 Å². The fourth-order valence-electron chi connectivity index (χ4n) is 2.12. The lowest BCUT2D eigenvalue weighted by molar-refractivity contribution is 0.0987. The van der Waals surface area contributed by atoms with Gasteiger partial charge in [-0.15, -0.1) is 11.8 Å². The maximum atomic E-state index is 12.5. The number of thioether (sulfide) groups is 1. The highest BCUT2D eigenvalue weighted by Crippen LogP contribution is 2.34. The normalized spacial score (nSPS) is 14.1. The second-order valence-corrected chi connectivity index (χ2v) is 5.28. The molecule has 0 unspecified atom stereocenters. The van der Waals surface area contributed by atoms with Crippen LogP contribution in [0.25, 0.3) is 0 Å². The van der Waals surface area contributed by atoms with Crippen LogP contribution in [0.2, 0.25) is 0 Å². The van der Waals surface area contributed by atoms with Crippen molar-refractivity contribution in [2.75, 3.05) is 17.2 Å². The minimum Gasteiger partial charge on any atom is -0.306 e. The second-order valence-electron chi connectivity index (χ2n) is 4.14. The molecule has 0 aliphatic carbocycles. The van der Waals surface area contributed by atoms with Gasteiger partial charge in [0.1, 0.15) is 0 Å². The molecule has 0 N–H and O–H groups in total. The van der Waals surface area contributed by atoms with Gasteiger partial charge in [0.15, 0.2) is 0 Å². The third-order valence-electron chi connectivity index (χ3n) is 2.99. The lowest BCUT2D eigenvalue weighted by Gasteiger charge is -2.29. The molecule has 2 aromatic rings. The Bertz CT molecular complexity index is 568. The molecule has 90 valence electrons. The Morgan fingerprint density at radius 1 is 1.00 bits per heavy atom. The van der Waals surface area contributed by atoms with E-state index >= 15 is 0 Å². The van der Waals surface area contributed by atoms with Gasteiger partial charge in [0.2, 0.25) is 0 Å². The van der Waals surface area contributed by atoms with Crippen LogP contribution in [0.15, 0.2) is 59.5 Å². The molecule has 1 heterocycles. The first-order valence-electron chi connectivity index (χ1n) is 5.95. The number of benzene rings is 2. The Labute approximate surface area is 111 Å². The summed E-state index contributed by atoms with van der Waals surface area (Å²) in [6.45, 7) is 0.773. The molecule has 0 saturated carbocycles. The Hall–Kier alpha value is -1.74. The Kier molecular flexibility index (Phi) is 3.07. The molecule has 0 aromatic heterocycles. The van der Waals surface area contributed by atoms with Crippen molar-refractivity contribution in [1.82, 2.24) is 0 Å². The van der Waals surface area contributed by atoms with Crippen molar-refractivity contribution >= 4 is 23.4 Å². The molecule has 1 amide bonds. The maximum absolute atomic E-state index is 12.5. The quantitative estimate of drug-likeness (QED) is 0.778. The van der Waals surface area contributed by atoms with Gasteiger partial charge in [-0.3, -0.25) is 4.79 Å². The fourth-order valence-corrected chi connectivity index (χ4v) is 3.11. The van der Waals surface area contributed by atoms with E-state index in [2.05, 4.69) is 6.07 Å². The molecule has 1 aliphatic rings. The third kappa shape index (κ3) is 2.02. The van der Waals surface area contributed by atoms with E-state index in [-0.39, 0.29) is 5.91 Å². The van der Waals surface area contributed by atoms with Gasteiger partial charge in [-0.1, -0.05) is 30.3 Å². The van der Waals surface area contributed by atoms with Crippen molar-refractivity contribution in [3.05, 3.63) is 60.2 Å². The van der Waals surface area contributed by atoms with E-state index in [9.17, 15) is 4.79 Å². The van der Waals surface area contributed by atoms with Crippen molar-refractivity contribution in [1.29, 1.82) is 0 Å². The smallest absolute Gasteiger partial charge is 0.258 e. The Morgan fingerprint density at radius 3 is 2.56 bits per heavy atom. The van der Waals surface area contributed by atoms with Gasteiger partial charge in [-0.25, -0.2) is 0 Å². The summed E-state index contributed by atoms with van der Waals surface area (Å²) in [5, 5.41) is 0. The van der Waals surface area contributed by atoms with Crippen LogP contribution in [0.5, 0.6) is 0 Å². The van der Waals surface area contributed by atoms with Crippen molar-refractivity contribution in [3.8, 4) is 0 Å². The van der Waals surface area contributed by atoms with E-state index in [0.29, 0.717) is 0 Å². The van der Waals surface area contributed by atoms with Gasteiger partial charge in [-0.2, -0.15) is 0 Å². The minimum absolute atomic E-state index is 0.0864. The van der Waals surface area contributed by atoms with Crippen LogP contribution in [-0.2, 0) is 0 Å². The van der Waals surface area contributed by atoms with E-state index in [0.717, 1.165) is 23.5 Å². The van der Waals surface area contributed by atoms with E-state index in [1.807, 2.05) is 65.2 Å². The van der Waals surface area contributed by atoms with Crippen LogP contribution in [0.4, 0.5) is 5.69 Å². The molecule has 1 aliphatic heterocycles. The molecular weight excluding hydrogens is 242 g/mol. The van der Waals surface area contributed by atoms with Gasteiger partial charge in [0.05, 0.1) is 5.69 Å². The predicted molar refractivity (Wildman–Crippen MR) is 75.3 cm³/mol.